The maximum atomic E-state index is 13.3. The summed E-state index contributed by atoms with van der Waals surface area (Å²) in [5.74, 6) is 0. The lowest BCUT2D eigenvalue weighted by Gasteiger charge is -2.25. The summed E-state index contributed by atoms with van der Waals surface area (Å²) in [6, 6.07) is 21.3. The van der Waals surface area contributed by atoms with E-state index >= 15 is 0 Å². The smallest absolute Gasteiger partial charge is 0.262 e. The van der Waals surface area contributed by atoms with E-state index in [-0.39, 0.29) is 17.1 Å². The van der Waals surface area contributed by atoms with E-state index in [9.17, 15) is 18.5 Å². The zero-order chi connectivity index (χ0) is 19.4. The van der Waals surface area contributed by atoms with Crippen LogP contribution in [0.1, 0.15) is 11.1 Å². The summed E-state index contributed by atoms with van der Waals surface area (Å²) < 4.78 is 27.8. The summed E-state index contributed by atoms with van der Waals surface area (Å²) in [7, 11) is -3.90. The molecule has 138 valence electrons. The van der Waals surface area contributed by atoms with Gasteiger partial charge in [0.05, 0.1) is 22.1 Å². The van der Waals surface area contributed by atoms with Gasteiger partial charge in [-0.1, -0.05) is 48.0 Å². The Morgan fingerprint density at radius 1 is 0.926 bits per heavy atom. The second kappa shape index (κ2) is 7.59. The van der Waals surface area contributed by atoms with Gasteiger partial charge in [-0.05, 0) is 36.8 Å². The average molecular weight is 382 g/mol. The zero-order valence-corrected chi connectivity index (χ0v) is 15.5. The van der Waals surface area contributed by atoms with E-state index in [2.05, 4.69) is 0 Å². The summed E-state index contributed by atoms with van der Waals surface area (Å²) in [4.78, 5) is 10.3. The van der Waals surface area contributed by atoms with Crippen molar-refractivity contribution in [3.8, 4) is 0 Å². The number of anilines is 1. The van der Waals surface area contributed by atoms with Crippen molar-refractivity contribution in [1.29, 1.82) is 0 Å². The van der Waals surface area contributed by atoms with Crippen molar-refractivity contribution in [2.45, 2.75) is 18.4 Å². The van der Waals surface area contributed by atoms with Gasteiger partial charge in [-0.25, -0.2) is 8.42 Å². The number of nitro benzene ring substituents is 1. The molecule has 0 amide bonds. The highest BCUT2D eigenvalue weighted by molar-refractivity contribution is 7.92. The molecule has 7 heteroatoms. The minimum absolute atomic E-state index is 0.00426. The number of nitro groups is 1. The van der Waals surface area contributed by atoms with Crippen LogP contribution in [0.25, 0.3) is 0 Å². The lowest BCUT2D eigenvalue weighted by molar-refractivity contribution is -0.384. The Morgan fingerprint density at radius 2 is 1.59 bits per heavy atom. The monoisotopic (exact) mass is 382 g/mol. The molecule has 0 radical (unpaired) electrons. The first-order chi connectivity index (χ1) is 12.9. The summed E-state index contributed by atoms with van der Waals surface area (Å²) in [5, 5.41) is 10.8. The van der Waals surface area contributed by atoms with Crippen molar-refractivity contribution >= 4 is 21.4 Å². The Kier molecular flexibility index (Phi) is 5.23. The van der Waals surface area contributed by atoms with Crippen molar-refractivity contribution < 1.29 is 13.3 Å². The lowest BCUT2D eigenvalue weighted by atomic mass is 10.1. The normalized spacial score (nSPS) is 11.1. The highest BCUT2D eigenvalue weighted by atomic mass is 32.2. The largest absolute Gasteiger partial charge is 0.269 e. The molecule has 0 saturated carbocycles. The minimum atomic E-state index is -3.90. The first kappa shape index (κ1) is 18.6. The van der Waals surface area contributed by atoms with Gasteiger partial charge in [0.15, 0.2) is 0 Å². The van der Waals surface area contributed by atoms with Gasteiger partial charge in [0.25, 0.3) is 15.7 Å². The molecule has 3 aromatic rings. The maximum absolute atomic E-state index is 13.3. The van der Waals surface area contributed by atoms with Crippen molar-refractivity contribution in [2.75, 3.05) is 4.31 Å². The molecule has 0 aromatic heterocycles. The number of benzene rings is 3. The van der Waals surface area contributed by atoms with Gasteiger partial charge in [0.2, 0.25) is 0 Å². The standard InChI is InChI=1S/C20H18N2O4S/c1-16-6-5-7-17(14-16)15-21(18-8-3-2-4-9-18)27(25,26)20-12-10-19(11-13-20)22(23)24/h2-14H,15H2,1H3. The lowest BCUT2D eigenvalue weighted by Crippen LogP contribution is -2.30. The Bertz CT molecular complexity index is 1050. The summed E-state index contributed by atoms with van der Waals surface area (Å²) >= 11 is 0. The number of para-hydroxylation sites is 1. The maximum Gasteiger partial charge on any atom is 0.269 e. The molecule has 0 atom stereocenters. The molecule has 0 bridgehead atoms. The Labute approximate surface area is 157 Å². The zero-order valence-electron chi connectivity index (χ0n) is 14.6. The second-order valence-corrected chi connectivity index (χ2v) is 7.95. The molecular weight excluding hydrogens is 364 g/mol. The van der Waals surface area contributed by atoms with E-state index in [0.29, 0.717) is 5.69 Å². The van der Waals surface area contributed by atoms with E-state index in [0.717, 1.165) is 11.1 Å². The van der Waals surface area contributed by atoms with Gasteiger partial charge < -0.3 is 0 Å². The van der Waals surface area contributed by atoms with Gasteiger partial charge in [-0.15, -0.1) is 0 Å². The summed E-state index contributed by atoms with van der Waals surface area (Å²) in [6.07, 6.45) is 0. The first-order valence-electron chi connectivity index (χ1n) is 8.26. The number of sulfonamides is 1. The van der Waals surface area contributed by atoms with E-state index in [1.54, 1.807) is 24.3 Å². The van der Waals surface area contributed by atoms with Crippen molar-refractivity contribution in [1.82, 2.24) is 0 Å². The number of aryl methyl sites for hydroxylation is 1. The molecule has 3 aromatic carbocycles. The highest BCUT2D eigenvalue weighted by Crippen LogP contribution is 2.27. The van der Waals surface area contributed by atoms with Crippen molar-refractivity contribution in [3.63, 3.8) is 0 Å². The molecule has 0 saturated heterocycles. The molecule has 0 spiro atoms. The molecule has 6 nitrogen and oxygen atoms in total. The second-order valence-electron chi connectivity index (χ2n) is 6.09. The molecule has 0 aliphatic heterocycles. The molecule has 0 N–H and O–H groups in total. The van der Waals surface area contributed by atoms with Crippen LogP contribution < -0.4 is 4.31 Å². The van der Waals surface area contributed by atoms with Crippen LogP contribution in [0.2, 0.25) is 0 Å². The quantitative estimate of drug-likeness (QED) is 0.470. The number of rotatable bonds is 6. The van der Waals surface area contributed by atoms with Crippen LogP contribution in [-0.2, 0) is 16.6 Å². The van der Waals surface area contributed by atoms with Crippen LogP contribution in [0.3, 0.4) is 0 Å². The van der Waals surface area contributed by atoms with E-state index < -0.39 is 14.9 Å². The van der Waals surface area contributed by atoms with Gasteiger partial charge in [-0.2, -0.15) is 0 Å². The van der Waals surface area contributed by atoms with Gasteiger partial charge in [0, 0.05) is 12.1 Å². The molecular formula is C20H18N2O4S. The SMILES string of the molecule is Cc1cccc(CN(c2ccccc2)S(=O)(=O)c2ccc([N+](=O)[O-])cc2)c1. The van der Waals surface area contributed by atoms with E-state index in [1.807, 2.05) is 37.3 Å². The van der Waals surface area contributed by atoms with E-state index in [1.165, 1.54) is 28.6 Å². The van der Waals surface area contributed by atoms with Crippen molar-refractivity contribution in [3.05, 3.63) is 100 Å². The predicted octanol–water partition coefficient (Wildman–Crippen LogP) is 4.30. The fourth-order valence-corrected chi connectivity index (χ4v) is 4.21. The minimum Gasteiger partial charge on any atom is -0.262 e. The first-order valence-corrected chi connectivity index (χ1v) is 9.70. The number of hydrogen-bond acceptors (Lipinski definition) is 4. The van der Waals surface area contributed by atoms with E-state index in [4.69, 9.17) is 0 Å². The predicted molar refractivity (Wildman–Crippen MR) is 104 cm³/mol. The number of nitrogens with zero attached hydrogens (tertiary/aromatic N) is 2. The molecule has 0 unspecified atom stereocenters. The van der Waals surface area contributed by atoms with Gasteiger partial charge in [0.1, 0.15) is 0 Å². The molecule has 0 aliphatic carbocycles. The third kappa shape index (κ3) is 4.15. The Morgan fingerprint density at radius 3 is 2.19 bits per heavy atom. The third-order valence-corrected chi connectivity index (χ3v) is 5.88. The molecule has 27 heavy (non-hydrogen) atoms. The van der Waals surface area contributed by atoms with Crippen LogP contribution in [0.5, 0.6) is 0 Å². The van der Waals surface area contributed by atoms with Gasteiger partial charge >= 0.3 is 0 Å². The fourth-order valence-electron chi connectivity index (χ4n) is 2.75. The molecule has 0 aliphatic rings. The summed E-state index contributed by atoms with van der Waals surface area (Å²) in [6.45, 7) is 2.10. The average Bonchev–Trinajstić information content (AvgIpc) is 2.67. The third-order valence-electron chi connectivity index (χ3n) is 4.09. The molecule has 0 fully saturated rings. The fraction of sp³-hybridized carbons (Fsp3) is 0.100. The topological polar surface area (TPSA) is 80.5 Å². The number of hydrogen-bond donors (Lipinski definition) is 0. The van der Waals surface area contributed by atoms with Crippen LogP contribution >= 0.6 is 0 Å². The Balaban J connectivity index is 2.04. The van der Waals surface area contributed by atoms with Crippen LogP contribution in [0, 0.1) is 17.0 Å². The Hall–Kier alpha value is -3.19. The highest BCUT2D eigenvalue weighted by Gasteiger charge is 2.25. The van der Waals surface area contributed by atoms with Gasteiger partial charge in [-0.3, -0.25) is 14.4 Å². The summed E-state index contributed by atoms with van der Waals surface area (Å²) in [5.41, 5.74) is 2.26. The van der Waals surface area contributed by atoms with Crippen LogP contribution in [-0.4, -0.2) is 13.3 Å². The van der Waals surface area contributed by atoms with Crippen molar-refractivity contribution in [2.24, 2.45) is 0 Å². The van der Waals surface area contributed by atoms with Crippen LogP contribution in [0.4, 0.5) is 11.4 Å². The number of non-ortho nitro benzene ring substituents is 1. The van der Waals surface area contributed by atoms with Crippen LogP contribution in [0.15, 0.2) is 83.8 Å². The molecule has 3 rings (SSSR count). The molecule has 0 heterocycles.